The molecular weight excluding hydrogens is 1290 g/mol. The summed E-state index contributed by atoms with van der Waals surface area (Å²) in [5.41, 5.74) is -14.3. The molecule has 0 radical (unpaired) electrons. The van der Waals surface area contributed by atoms with Crippen molar-refractivity contribution in [2.24, 2.45) is 0 Å². The van der Waals surface area contributed by atoms with Crippen LogP contribution in [-0.2, 0) is 11.3 Å². The number of alkyl halides is 18. The van der Waals surface area contributed by atoms with Gasteiger partial charge in [-0.05, 0) is 112 Å². The van der Waals surface area contributed by atoms with Crippen molar-refractivity contribution in [3.63, 3.8) is 0 Å². The minimum absolute atomic E-state index is 0.0330. The van der Waals surface area contributed by atoms with Crippen molar-refractivity contribution in [3.05, 3.63) is 132 Å². The predicted molar refractivity (Wildman–Crippen MR) is 218 cm³/mol. The Hall–Kier alpha value is -5.94. The number of hydrogen-bond donors (Lipinski definition) is 3. The fraction of sp³-hybridized carbons (Fsp3) is 0.222. The predicted octanol–water partition coefficient (Wildman–Crippen LogP) is 14.1. The first-order valence-electron chi connectivity index (χ1n) is 17.0. The van der Waals surface area contributed by atoms with E-state index in [1.54, 1.807) is 6.07 Å². The number of nitro benzene ring substituents is 2. The van der Waals surface area contributed by atoms with Crippen LogP contribution in [-0.4, -0.2) is 63.4 Å². The summed E-state index contributed by atoms with van der Waals surface area (Å²) in [5.74, 6) is -16.0. The zero-order valence-corrected chi connectivity index (χ0v) is 39.2. The molecular formula is C36H14Br4F18N6O7. The first kappa shape index (κ1) is 61.2. The maximum atomic E-state index is 14.7. The SMILES string of the molecule is N#Cc1ccc(C(=O)Nc2c(Br)cc(C(F)(C(F)(F)F)C(F)(F)C(F)(F)F)cc2Br)cc1[N+](=O)[O-].N#Cc1ccc(C(=O)O)cc1[N+](=O)[O-].Nc1c(Br)cc(C(F)(C(F)(F)F)C(F)(F)C(F)(F)F)cc1Br. The van der Waals surface area contributed by atoms with E-state index in [0.717, 1.165) is 30.3 Å². The van der Waals surface area contributed by atoms with E-state index in [9.17, 15) is 109 Å². The second-order valence-electron chi connectivity index (χ2n) is 13.1. The molecule has 2 unspecified atom stereocenters. The van der Waals surface area contributed by atoms with Gasteiger partial charge in [-0.25, -0.2) is 13.6 Å². The first-order valence-corrected chi connectivity index (χ1v) is 20.2. The van der Waals surface area contributed by atoms with Crippen LogP contribution in [0.25, 0.3) is 0 Å². The van der Waals surface area contributed by atoms with Crippen LogP contribution in [0.3, 0.4) is 0 Å². The minimum atomic E-state index is -6.92. The number of benzene rings is 4. The third-order valence-electron chi connectivity index (χ3n) is 8.65. The topological polar surface area (TPSA) is 226 Å². The fourth-order valence-electron chi connectivity index (χ4n) is 5.13. The third-order valence-corrected chi connectivity index (χ3v) is 11.2. The standard InChI is InChI=1S/C18H6Br2F9N3O3.C10H4Br2F9N.C8H4N2O4/c19-10-4-9(15(21,17(24,25)26)16(22,23)18(27,28)29)5-11(20)13(10)31-14(33)7-1-2-8(6-30)12(3-7)32(34)35;11-4-1-3(2-5(12)6(4)22)7(13,9(16,17)18)8(14,15)10(19,20)21;9-4-6-2-1-5(8(11)12)3-7(6)10(13)14/h1-5H,(H,31,33);1-2H,22H2;1-3H,(H,11,12). The molecule has 0 aromatic heterocycles. The van der Waals surface area contributed by atoms with Gasteiger partial charge in [0.1, 0.15) is 23.3 Å². The highest BCUT2D eigenvalue weighted by atomic mass is 79.9. The Bertz CT molecular complexity index is 2810. The summed E-state index contributed by atoms with van der Waals surface area (Å²) >= 11 is 10.3. The molecule has 1 amide bonds. The van der Waals surface area contributed by atoms with E-state index in [0.29, 0.717) is 6.07 Å². The number of halogens is 22. The van der Waals surface area contributed by atoms with Crippen LogP contribution < -0.4 is 11.1 Å². The van der Waals surface area contributed by atoms with Crippen molar-refractivity contribution in [1.29, 1.82) is 10.5 Å². The third kappa shape index (κ3) is 12.2. The lowest BCUT2D eigenvalue weighted by atomic mass is 9.87. The van der Waals surface area contributed by atoms with Gasteiger partial charge in [0.25, 0.3) is 17.3 Å². The molecule has 384 valence electrons. The molecule has 4 N–H and O–H groups in total. The molecule has 0 aliphatic heterocycles. The summed E-state index contributed by atoms with van der Waals surface area (Å²) in [5, 5.41) is 49.4. The van der Waals surface area contributed by atoms with E-state index in [2.05, 4.69) is 63.7 Å². The Labute approximate surface area is 414 Å². The number of nitrogens with zero attached hydrogens (tertiary/aromatic N) is 4. The van der Waals surface area contributed by atoms with Crippen molar-refractivity contribution in [2.75, 3.05) is 11.1 Å². The molecule has 0 heterocycles. The Balaban J connectivity index is 0.000000407. The van der Waals surface area contributed by atoms with Gasteiger partial charge in [0.2, 0.25) is 0 Å². The highest BCUT2D eigenvalue weighted by Gasteiger charge is 2.83. The second kappa shape index (κ2) is 21.4. The summed E-state index contributed by atoms with van der Waals surface area (Å²) < 4.78 is 233. The number of rotatable bonds is 9. The van der Waals surface area contributed by atoms with Crippen molar-refractivity contribution in [3.8, 4) is 12.1 Å². The second-order valence-corrected chi connectivity index (χ2v) is 16.5. The van der Waals surface area contributed by atoms with E-state index in [1.165, 1.54) is 6.07 Å². The summed E-state index contributed by atoms with van der Waals surface area (Å²) in [7, 11) is 0. The molecule has 0 saturated heterocycles. The van der Waals surface area contributed by atoms with E-state index < -0.39 is 127 Å². The maximum absolute atomic E-state index is 14.7. The smallest absolute Gasteiger partial charge is 0.457 e. The number of hydrogen-bond acceptors (Lipinski definition) is 9. The molecule has 0 spiro atoms. The van der Waals surface area contributed by atoms with Crippen molar-refractivity contribution in [2.45, 2.75) is 47.9 Å². The van der Waals surface area contributed by atoms with Gasteiger partial charge in [-0.3, -0.25) is 25.0 Å². The van der Waals surface area contributed by atoms with Gasteiger partial charge < -0.3 is 16.2 Å². The Kier molecular flexibility index (Phi) is 18.5. The lowest BCUT2D eigenvalue weighted by Crippen LogP contribution is -2.59. The Morgan fingerprint density at radius 3 is 1.14 bits per heavy atom. The number of carboxylic acid groups (broad SMARTS) is 1. The maximum Gasteiger partial charge on any atom is 0.457 e. The van der Waals surface area contributed by atoms with Gasteiger partial charge in [0.15, 0.2) is 0 Å². The number of nitro groups is 2. The van der Waals surface area contributed by atoms with Gasteiger partial charge in [0, 0.05) is 46.7 Å². The number of anilines is 2. The zero-order valence-electron chi connectivity index (χ0n) is 32.9. The normalized spacial score (nSPS) is 13.9. The summed E-state index contributed by atoms with van der Waals surface area (Å²) in [6, 6.07) is 8.98. The number of nitrogens with one attached hydrogen (secondary N) is 1. The van der Waals surface area contributed by atoms with Gasteiger partial charge in [-0.2, -0.15) is 80.8 Å². The molecule has 0 bridgehead atoms. The number of aromatic carboxylic acids is 1. The number of amides is 1. The molecule has 4 rings (SSSR count). The number of carbonyl (C=O) groups excluding carboxylic acids is 1. The molecule has 0 saturated carbocycles. The van der Waals surface area contributed by atoms with Crippen molar-refractivity contribution >= 4 is 98.3 Å². The summed E-state index contributed by atoms with van der Waals surface area (Å²) in [6.07, 6.45) is -27.0. The lowest BCUT2D eigenvalue weighted by Gasteiger charge is -2.36. The number of nitriles is 2. The molecule has 35 heteroatoms. The van der Waals surface area contributed by atoms with Crippen molar-refractivity contribution < 1.29 is 104 Å². The first-order chi connectivity index (χ1) is 31.9. The number of carbonyl (C=O) groups is 2. The molecule has 4 aromatic carbocycles. The highest BCUT2D eigenvalue weighted by molar-refractivity contribution is 9.11. The van der Waals surface area contributed by atoms with Crippen LogP contribution >= 0.6 is 63.7 Å². The monoisotopic (exact) mass is 1300 g/mol. The molecule has 71 heavy (non-hydrogen) atoms. The van der Waals surface area contributed by atoms with Crippen LogP contribution in [0.2, 0.25) is 0 Å². The van der Waals surface area contributed by atoms with Crippen LogP contribution in [0.15, 0.2) is 78.6 Å². The van der Waals surface area contributed by atoms with Crippen molar-refractivity contribution in [1.82, 2.24) is 0 Å². The zero-order chi connectivity index (χ0) is 55.6. The Morgan fingerprint density at radius 2 is 0.859 bits per heavy atom. The lowest BCUT2D eigenvalue weighted by molar-refractivity contribution is -0.389. The van der Waals surface area contributed by atoms with Crippen LogP contribution in [0.4, 0.5) is 102 Å². The van der Waals surface area contributed by atoms with Gasteiger partial charge in [-0.15, -0.1) is 0 Å². The molecule has 0 aliphatic carbocycles. The van der Waals surface area contributed by atoms with E-state index in [1.807, 2.05) is 5.32 Å². The largest absolute Gasteiger partial charge is 0.478 e. The quantitative estimate of drug-likeness (QED) is 0.0622. The van der Waals surface area contributed by atoms with Gasteiger partial charge >= 0.3 is 53.9 Å². The van der Waals surface area contributed by atoms with Gasteiger partial charge in [0.05, 0.1) is 26.8 Å². The number of nitrogen functional groups attached to an aromatic ring is 1. The number of carboxylic acids is 1. The molecule has 13 nitrogen and oxygen atoms in total. The van der Waals surface area contributed by atoms with E-state index >= 15 is 0 Å². The van der Waals surface area contributed by atoms with Crippen LogP contribution in [0.1, 0.15) is 43.0 Å². The average Bonchev–Trinajstić information content (AvgIpc) is 3.23. The van der Waals surface area contributed by atoms with E-state index in [-0.39, 0.29) is 41.1 Å². The summed E-state index contributed by atoms with van der Waals surface area (Å²) in [6.45, 7) is 0. The average molecular weight is 1300 g/mol. The molecule has 4 aromatic rings. The molecule has 0 aliphatic rings. The summed E-state index contributed by atoms with van der Waals surface area (Å²) in [4.78, 5) is 42.6. The fourth-order valence-corrected chi connectivity index (χ4v) is 7.70. The van der Waals surface area contributed by atoms with E-state index in [4.69, 9.17) is 21.4 Å². The van der Waals surface area contributed by atoms with Crippen LogP contribution in [0, 0.1) is 42.9 Å². The molecule has 2 atom stereocenters. The minimum Gasteiger partial charge on any atom is -0.478 e. The Morgan fingerprint density at radius 1 is 0.549 bits per heavy atom. The molecule has 0 fully saturated rings. The van der Waals surface area contributed by atoms with Crippen LogP contribution in [0.5, 0.6) is 0 Å². The number of nitrogens with two attached hydrogens (primary N) is 1. The van der Waals surface area contributed by atoms with Gasteiger partial charge in [-0.1, -0.05) is 0 Å². The highest BCUT2D eigenvalue weighted by Crippen LogP contribution is 2.60.